The Kier molecular flexibility index (Phi) is 5.35. The Morgan fingerprint density at radius 1 is 1.00 bits per heavy atom. The Balaban J connectivity index is 1.20. The van der Waals surface area contributed by atoms with E-state index in [9.17, 15) is 14.7 Å². The number of piperazine rings is 1. The Morgan fingerprint density at radius 2 is 1.81 bits per heavy atom. The highest BCUT2D eigenvalue weighted by atomic mass is 16.4. The van der Waals surface area contributed by atoms with Crippen LogP contribution in [0.5, 0.6) is 0 Å². The third kappa shape index (κ3) is 3.84. The molecule has 1 amide bonds. The third-order valence-electron chi connectivity index (χ3n) is 6.57. The Bertz CT molecular complexity index is 1180. The minimum atomic E-state index is -1.29. The summed E-state index contributed by atoms with van der Waals surface area (Å²) >= 11 is 0. The number of para-hydroxylation sites is 1. The number of carboxylic acid groups (broad SMARTS) is 1. The van der Waals surface area contributed by atoms with E-state index in [-0.39, 0.29) is 11.7 Å². The molecule has 0 atom stereocenters. The van der Waals surface area contributed by atoms with Gasteiger partial charge in [0.2, 0.25) is 5.91 Å². The Hall–Kier alpha value is -3.32. The predicted molar refractivity (Wildman–Crippen MR) is 121 cm³/mol. The number of nitrogens with zero attached hydrogens (tertiary/aromatic N) is 3. The number of furan rings is 1. The molecule has 5 rings (SSSR count). The molecule has 0 spiro atoms. The van der Waals surface area contributed by atoms with Gasteiger partial charge in [-0.3, -0.25) is 9.69 Å². The van der Waals surface area contributed by atoms with Gasteiger partial charge in [-0.2, -0.15) is 0 Å². The number of rotatable bonds is 5. The van der Waals surface area contributed by atoms with Gasteiger partial charge in [0.05, 0.1) is 5.69 Å². The van der Waals surface area contributed by atoms with Crippen LogP contribution in [0.15, 0.2) is 46.9 Å². The average molecular weight is 433 g/mol. The van der Waals surface area contributed by atoms with E-state index >= 15 is 0 Å². The molecule has 0 N–H and O–H groups in total. The Labute approximate surface area is 186 Å². The zero-order valence-electron chi connectivity index (χ0n) is 18.2. The minimum absolute atomic E-state index is 0.107. The number of carboxylic acids is 1. The lowest BCUT2D eigenvalue weighted by Gasteiger charge is -2.36. The summed E-state index contributed by atoms with van der Waals surface area (Å²) in [5.74, 6) is -1.32. The van der Waals surface area contributed by atoms with Gasteiger partial charge in [0.25, 0.3) is 0 Å². The van der Waals surface area contributed by atoms with E-state index in [1.807, 2.05) is 23.1 Å². The van der Waals surface area contributed by atoms with E-state index in [4.69, 9.17) is 4.42 Å². The SMILES string of the molecule is CC(=O)N1CCc2cc(CCN3CCN(c4cccc5cc(C(=O)[O-])oc45)CC3)ccc21. The molecule has 0 aliphatic carbocycles. The molecule has 3 aromatic rings. The average Bonchev–Trinajstić information content (AvgIpc) is 3.42. The van der Waals surface area contributed by atoms with Crippen LogP contribution in [-0.2, 0) is 17.6 Å². The van der Waals surface area contributed by atoms with E-state index in [2.05, 4.69) is 28.0 Å². The molecule has 2 aliphatic heterocycles. The molecule has 32 heavy (non-hydrogen) atoms. The highest BCUT2D eigenvalue weighted by Crippen LogP contribution is 2.31. The lowest BCUT2D eigenvalue weighted by molar-refractivity contribution is -0.257. The largest absolute Gasteiger partial charge is 0.542 e. The topological polar surface area (TPSA) is 80.1 Å². The summed E-state index contributed by atoms with van der Waals surface area (Å²) in [6.45, 7) is 6.99. The molecule has 166 valence electrons. The number of hydrogen-bond donors (Lipinski definition) is 0. The highest BCUT2D eigenvalue weighted by molar-refractivity contribution is 5.96. The summed E-state index contributed by atoms with van der Waals surface area (Å²) in [7, 11) is 0. The fraction of sp³-hybridized carbons (Fsp3) is 0.360. The van der Waals surface area contributed by atoms with Crippen LogP contribution in [0.1, 0.15) is 28.6 Å². The summed E-state index contributed by atoms with van der Waals surface area (Å²) in [5, 5.41) is 11.9. The van der Waals surface area contributed by atoms with Gasteiger partial charge in [-0.15, -0.1) is 0 Å². The second-order valence-electron chi connectivity index (χ2n) is 8.56. The van der Waals surface area contributed by atoms with Crippen molar-refractivity contribution in [2.75, 3.05) is 49.1 Å². The quantitative estimate of drug-likeness (QED) is 0.614. The number of carbonyl (C=O) groups is 2. The van der Waals surface area contributed by atoms with Crippen LogP contribution in [0.2, 0.25) is 0 Å². The van der Waals surface area contributed by atoms with E-state index < -0.39 is 5.97 Å². The van der Waals surface area contributed by atoms with Crippen molar-refractivity contribution in [1.82, 2.24) is 4.90 Å². The molecule has 0 bridgehead atoms. The summed E-state index contributed by atoms with van der Waals surface area (Å²) < 4.78 is 5.56. The highest BCUT2D eigenvalue weighted by Gasteiger charge is 2.23. The second kappa shape index (κ2) is 8.31. The maximum atomic E-state index is 11.7. The van der Waals surface area contributed by atoms with Gasteiger partial charge < -0.3 is 24.1 Å². The normalized spacial score (nSPS) is 16.5. The van der Waals surface area contributed by atoms with E-state index in [0.29, 0.717) is 5.58 Å². The van der Waals surface area contributed by atoms with Gasteiger partial charge in [0, 0.05) is 57.3 Å². The first-order valence-electron chi connectivity index (χ1n) is 11.1. The molecule has 2 aliphatic rings. The molecule has 1 saturated heterocycles. The molecule has 2 aromatic carbocycles. The zero-order chi connectivity index (χ0) is 22.2. The number of hydrogen-bond acceptors (Lipinski definition) is 6. The first kappa shape index (κ1) is 20.6. The fourth-order valence-corrected chi connectivity index (χ4v) is 4.83. The third-order valence-corrected chi connectivity index (χ3v) is 6.57. The smallest absolute Gasteiger partial charge is 0.223 e. The van der Waals surface area contributed by atoms with Crippen LogP contribution < -0.4 is 14.9 Å². The van der Waals surface area contributed by atoms with Crippen molar-refractivity contribution in [3.63, 3.8) is 0 Å². The van der Waals surface area contributed by atoms with Crippen molar-refractivity contribution in [2.24, 2.45) is 0 Å². The summed E-state index contributed by atoms with van der Waals surface area (Å²) in [4.78, 5) is 29.5. The monoisotopic (exact) mass is 432 g/mol. The maximum absolute atomic E-state index is 11.7. The predicted octanol–water partition coefficient (Wildman–Crippen LogP) is 2.07. The van der Waals surface area contributed by atoms with Gasteiger partial charge >= 0.3 is 0 Å². The van der Waals surface area contributed by atoms with Crippen molar-refractivity contribution in [3.05, 3.63) is 59.4 Å². The molecule has 1 fully saturated rings. The molecule has 0 radical (unpaired) electrons. The van der Waals surface area contributed by atoms with E-state index in [1.165, 1.54) is 17.2 Å². The van der Waals surface area contributed by atoms with Gasteiger partial charge in [-0.1, -0.05) is 24.3 Å². The molecule has 1 aromatic heterocycles. The van der Waals surface area contributed by atoms with Crippen molar-refractivity contribution in [1.29, 1.82) is 0 Å². The van der Waals surface area contributed by atoms with E-state index in [0.717, 1.165) is 68.9 Å². The van der Waals surface area contributed by atoms with Crippen LogP contribution in [0.25, 0.3) is 11.0 Å². The molecule has 3 heterocycles. The molecular formula is C25H26N3O4-. The van der Waals surface area contributed by atoms with Crippen molar-refractivity contribution < 1.29 is 19.1 Å². The molecule has 0 saturated carbocycles. The first-order valence-corrected chi connectivity index (χ1v) is 11.1. The number of aromatic carboxylic acids is 1. The van der Waals surface area contributed by atoms with Crippen LogP contribution >= 0.6 is 0 Å². The summed E-state index contributed by atoms with van der Waals surface area (Å²) in [6.07, 6.45) is 1.91. The molecular weight excluding hydrogens is 406 g/mol. The van der Waals surface area contributed by atoms with Crippen LogP contribution in [-0.4, -0.2) is 56.0 Å². The number of carbonyl (C=O) groups excluding carboxylic acids is 2. The number of fused-ring (bicyclic) bond motifs is 2. The van der Waals surface area contributed by atoms with Crippen LogP contribution in [0, 0.1) is 0 Å². The molecule has 7 heteroatoms. The van der Waals surface area contributed by atoms with Crippen molar-refractivity contribution in [2.45, 2.75) is 19.8 Å². The zero-order valence-corrected chi connectivity index (χ0v) is 18.2. The number of anilines is 2. The first-order chi connectivity index (χ1) is 15.5. The number of benzene rings is 2. The van der Waals surface area contributed by atoms with E-state index in [1.54, 1.807) is 6.92 Å². The van der Waals surface area contributed by atoms with Gasteiger partial charge in [0.1, 0.15) is 5.97 Å². The number of amides is 1. The molecule has 0 unspecified atom stereocenters. The minimum Gasteiger partial charge on any atom is -0.542 e. The molecule has 7 nitrogen and oxygen atoms in total. The van der Waals surface area contributed by atoms with Crippen molar-refractivity contribution in [3.8, 4) is 0 Å². The maximum Gasteiger partial charge on any atom is 0.223 e. The van der Waals surface area contributed by atoms with Gasteiger partial charge in [-0.25, -0.2) is 0 Å². The standard InChI is InChI=1S/C25H27N3O4/c1-17(29)28-10-8-19-15-18(5-6-21(19)28)7-9-26-11-13-27(14-12-26)22-4-2-3-20-16-23(25(30)31)32-24(20)22/h2-6,15-16H,7-14H2,1H3,(H,30,31)/p-1. The fourth-order valence-electron chi connectivity index (χ4n) is 4.83. The summed E-state index contributed by atoms with van der Waals surface area (Å²) in [5.41, 5.74) is 5.18. The second-order valence-corrected chi connectivity index (χ2v) is 8.56. The lowest BCUT2D eigenvalue weighted by Crippen LogP contribution is -2.47. The van der Waals surface area contributed by atoms with Crippen LogP contribution in [0.3, 0.4) is 0 Å². The Morgan fingerprint density at radius 3 is 2.56 bits per heavy atom. The summed E-state index contributed by atoms with van der Waals surface area (Å²) in [6, 6.07) is 13.8. The van der Waals surface area contributed by atoms with Gasteiger partial charge in [-0.05, 0) is 42.2 Å². The lowest BCUT2D eigenvalue weighted by atomic mass is 10.1. The van der Waals surface area contributed by atoms with Gasteiger partial charge in [0.15, 0.2) is 11.3 Å². The van der Waals surface area contributed by atoms with Crippen molar-refractivity contribution >= 4 is 34.2 Å². The van der Waals surface area contributed by atoms with Crippen LogP contribution in [0.4, 0.5) is 11.4 Å².